The predicted octanol–water partition coefficient (Wildman–Crippen LogP) is 6.08. The van der Waals surface area contributed by atoms with E-state index in [1.54, 1.807) is 0 Å². The molecule has 0 aliphatic carbocycles. The highest BCUT2D eigenvalue weighted by molar-refractivity contribution is 8.00. The Labute approximate surface area is 170 Å². The van der Waals surface area contributed by atoms with Gasteiger partial charge in [0.2, 0.25) is 5.52 Å². The number of rotatable bonds is 2. The lowest BCUT2D eigenvalue weighted by atomic mass is 9.75. The lowest BCUT2D eigenvalue weighted by molar-refractivity contribution is -0.727. The molecule has 5 rings (SSSR count). The summed E-state index contributed by atoms with van der Waals surface area (Å²) in [7, 11) is 0. The van der Waals surface area contributed by atoms with Crippen LogP contribution >= 0.6 is 11.8 Å². The molecule has 0 fully saturated rings. The number of aromatic nitrogens is 1. The predicted molar refractivity (Wildman–Crippen MR) is 118 cm³/mol. The van der Waals surface area contributed by atoms with Gasteiger partial charge < -0.3 is 0 Å². The van der Waals surface area contributed by atoms with E-state index in [4.69, 9.17) is 0 Å². The molecule has 0 amide bonds. The summed E-state index contributed by atoms with van der Waals surface area (Å²) < 4.78 is 2.52. The van der Waals surface area contributed by atoms with E-state index in [1.165, 1.54) is 37.9 Å². The van der Waals surface area contributed by atoms with Crippen LogP contribution in [0.3, 0.4) is 0 Å². The molecule has 3 heteroatoms. The first kappa shape index (κ1) is 17.8. The maximum absolute atomic E-state index is 9.90. The molecule has 0 bridgehead atoms. The summed E-state index contributed by atoms with van der Waals surface area (Å²) >= 11 is 1.94. The Morgan fingerprint density at radius 1 is 1.21 bits per heavy atom. The molecule has 2 aliphatic heterocycles. The maximum Gasteiger partial charge on any atom is 0.223 e. The quantitative estimate of drug-likeness (QED) is 0.395. The molecule has 0 spiro atoms. The molecule has 1 aromatic heterocycles. The van der Waals surface area contributed by atoms with Crippen LogP contribution in [-0.4, -0.2) is 5.75 Å². The molecular weight excluding hydrogens is 360 g/mol. The van der Waals surface area contributed by atoms with Gasteiger partial charge >= 0.3 is 0 Å². The number of benzene rings is 2. The molecule has 3 heterocycles. The Hall–Kier alpha value is -2.31. The van der Waals surface area contributed by atoms with Gasteiger partial charge in [-0.1, -0.05) is 52.5 Å². The number of nitriles is 1. The molecular formula is C25H25N2S+. The summed E-state index contributed by atoms with van der Waals surface area (Å²) in [5, 5.41) is 13.4. The SMILES string of the molecule is C=C1c2cccc3c(C#N)cc4c5c(c[n+](c4c23)C1(CC)CC)C(C)(C)CS5. The minimum Gasteiger partial charge on any atom is -0.192 e. The molecule has 0 unspecified atom stereocenters. The number of nitrogens with zero attached hydrogens (tertiary/aromatic N) is 2. The largest absolute Gasteiger partial charge is 0.223 e. The third-order valence-electron chi connectivity index (χ3n) is 7.07. The summed E-state index contributed by atoms with van der Waals surface area (Å²) in [5.41, 5.74) is 5.86. The minimum absolute atomic E-state index is 0.119. The molecule has 0 saturated carbocycles. The van der Waals surface area contributed by atoms with E-state index in [-0.39, 0.29) is 11.0 Å². The number of allylic oxidation sites excluding steroid dienone is 1. The first-order valence-corrected chi connectivity index (χ1v) is 11.1. The second-order valence-electron chi connectivity index (χ2n) is 8.79. The molecule has 0 atom stereocenters. The number of fused-ring (bicyclic) bond motifs is 2. The summed E-state index contributed by atoms with van der Waals surface area (Å²) in [5.74, 6) is 1.08. The van der Waals surface area contributed by atoms with Crippen molar-refractivity contribution >= 4 is 39.0 Å². The van der Waals surface area contributed by atoms with Crippen molar-refractivity contribution in [3.05, 3.63) is 53.7 Å². The monoisotopic (exact) mass is 385 g/mol. The van der Waals surface area contributed by atoms with Crippen LogP contribution in [0.1, 0.15) is 57.2 Å². The van der Waals surface area contributed by atoms with Crippen LogP contribution in [0.4, 0.5) is 0 Å². The average Bonchev–Trinajstić information content (AvgIpc) is 3.02. The topological polar surface area (TPSA) is 27.7 Å². The van der Waals surface area contributed by atoms with Crippen LogP contribution in [0.5, 0.6) is 0 Å². The van der Waals surface area contributed by atoms with E-state index in [1.807, 2.05) is 11.8 Å². The standard InChI is InChI=1S/C25H25N2S/c1-6-25(7-2)15(3)17-9-8-10-18-16(12-26)11-19-22(21(17)18)27(25)13-20-23(19)28-14-24(20,4)5/h8-11,13H,3,6-7,14H2,1-2,4-5H3/q+1. The van der Waals surface area contributed by atoms with Crippen molar-refractivity contribution in [3.8, 4) is 6.07 Å². The van der Waals surface area contributed by atoms with Crippen LogP contribution < -0.4 is 4.57 Å². The van der Waals surface area contributed by atoms with Gasteiger partial charge in [0.05, 0.1) is 22.4 Å². The zero-order chi connectivity index (χ0) is 19.8. The van der Waals surface area contributed by atoms with E-state index in [0.29, 0.717) is 0 Å². The average molecular weight is 386 g/mol. The lowest BCUT2D eigenvalue weighted by Gasteiger charge is -2.35. The van der Waals surface area contributed by atoms with E-state index in [0.717, 1.165) is 29.5 Å². The van der Waals surface area contributed by atoms with Crippen LogP contribution in [0.25, 0.3) is 27.2 Å². The third-order valence-corrected chi connectivity index (χ3v) is 8.66. The molecule has 28 heavy (non-hydrogen) atoms. The Kier molecular flexibility index (Phi) is 3.56. The van der Waals surface area contributed by atoms with Crippen LogP contribution in [-0.2, 0) is 11.0 Å². The lowest BCUT2D eigenvalue weighted by Crippen LogP contribution is -2.58. The zero-order valence-electron chi connectivity index (χ0n) is 17.0. The second kappa shape index (κ2) is 5.61. The normalized spacial score (nSPS) is 18.6. The summed E-state index contributed by atoms with van der Waals surface area (Å²) in [6, 6.07) is 11.0. The molecule has 2 aromatic carbocycles. The molecule has 140 valence electrons. The number of pyridine rings is 1. The van der Waals surface area contributed by atoms with Gasteiger partial charge in [-0.25, -0.2) is 0 Å². The van der Waals surface area contributed by atoms with E-state index < -0.39 is 0 Å². The Morgan fingerprint density at radius 3 is 2.64 bits per heavy atom. The number of hydrogen-bond acceptors (Lipinski definition) is 2. The van der Waals surface area contributed by atoms with Crippen LogP contribution in [0.15, 0.2) is 41.9 Å². The minimum atomic E-state index is -0.119. The molecule has 0 saturated heterocycles. The van der Waals surface area contributed by atoms with Gasteiger partial charge in [0, 0.05) is 45.4 Å². The second-order valence-corrected chi connectivity index (χ2v) is 9.78. The third kappa shape index (κ3) is 1.92. The van der Waals surface area contributed by atoms with E-state index in [2.05, 4.69) is 75.4 Å². The van der Waals surface area contributed by atoms with Crippen molar-refractivity contribution in [2.24, 2.45) is 0 Å². The van der Waals surface area contributed by atoms with Gasteiger partial charge in [0.1, 0.15) is 0 Å². The van der Waals surface area contributed by atoms with Crippen molar-refractivity contribution in [1.82, 2.24) is 0 Å². The summed E-state index contributed by atoms with van der Waals surface area (Å²) in [6.07, 6.45) is 4.42. The van der Waals surface area contributed by atoms with Crippen molar-refractivity contribution in [3.63, 3.8) is 0 Å². The van der Waals surface area contributed by atoms with Gasteiger partial charge in [0.25, 0.3) is 0 Å². The zero-order valence-corrected chi connectivity index (χ0v) is 17.8. The fourth-order valence-corrected chi connectivity index (χ4v) is 6.80. The van der Waals surface area contributed by atoms with E-state index in [9.17, 15) is 5.26 Å². The van der Waals surface area contributed by atoms with E-state index >= 15 is 0 Å². The van der Waals surface area contributed by atoms with Crippen molar-refractivity contribution in [2.45, 2.75) is 56.4 Å². The van der Waals surface area contributed by atoms with Gasteiger partial charge in [-0.3, -0.25) is 0 Å². The highest BCUT2D eigenvalue weighted by Crippen LogP contribution is 2.51. The maximum atomic E-state index is 9.90. The smallest absolute Gasteiger partial charge is 0.192 e. The number of thioether (sulfide) groups is 1. The molecule has 0 radical (unpaired) electrons. The first-order chi connectivity index (χ1) is 13.4. The van der Waals surface area contributed by atoms with Gasteiger partial charge in [0.15, 0.2) is 11.7 Å². The van der Waals surface area contributed by atoms with Crippen molar-refractivity contribution < 1.29 is 4.57 Å². The van der Waals surface area contributed by atoms with Gasteiger partial charge in [-0.05, 0) is 11.6 Å². The first-order valence-electron chi connectivity index (χ1n) is 10.1. The Bertz CT molecular complexity index is 1240. The molecule has 0 N–H and O–H groups in total. The molecule has 2 aliphatic rings. The van der Waals surface area contributed by atoms with Crippen LogP contribution in [0.2, 0.25) is 0 Å². The van der Waals surface area contributed by atoms with Gasteiger partial charge in [-0.15, -0.1) is 11.8 Å². The molecule has 2 nitrogen and oxygen atoms in total. The molecule has 3 aromatic rings. The fraction of sp³-hybridized carbons (Fsp3) is 0.360. The Balaban J connectivity index is 2.12. The number of hydrogen-bond donors (Lipinski definition) is 0. The van der Waals surface area contributed by atoms with Crippen molar-refractivity contribution in [1.29, 1.82) is 5.26 Å². The summed E-state index contributed by atoms with van der Waals surface area (Å²) in [4.78, 5) is 1.36. The summed E-state index contributed by atoms with van der Waals surface area (Å²) in [6.45, 7) is 13.8. The Morgan fingerprint density at radius 2 is 1.96 bits per heavy atom. The highest BCUT2D eigenvalue weighted by atomic mass is 32.2. The van der Waals surface area contributed by atoms with Crippen molar-refractivity contribution in [2.75, 3.05) is 5.75 Å². The fourth-order valence-electron chi connectivity index (χ4n) is 5.34. The van der Waals surface area contributed by atoms with Gasteiger partial charge in [-0.2, -0.15) is 9.83 Å². The highest BCUT2D eigenvalue weighted by Gasteiger charge is 2.48. The van der Waals surface area contributed by atoms with Crippen LogP contribution in [0, 0.1) is 11.3 Å².